The van der Waals surface area contributed by atoms with E-state index in [0.717, 1.165) is 33.9 Å². The molecule has 0 bridgehead atoms. The maximum Gasteiger partial charge on any atom is 0.323 e. The third-order valence-corrected chi connectivity index (χ3v) is 4.92. The zero-order valence-electron chi connectivity index (χ0n) is 12.3. The average Bonchev–Trinajstić information content (AvgIpc) is 2.80. The molecule has 2 aromatic rings. The van der Waals surface area contributed by atoms with Gasteiger partial charge < -0.3 is 9.97 Å². The zero-order valence-corrected chi connectivity index (χ0v) is 14.7. The molecule has 0 aliphatic carbocycles. The highest BCUT2D eigenvalue weighted by atomic mass is 79.9. The molecular weight excluding hydrogens is 352 g/mol. The van der Waals surface area contributed by atoms with Crippen LogP contribution in [0.4, 0.5) is 0 Å². The molecule has 1 aromatic carbocycles. The number of hydrogen-bond acceptors (Lipinski definition) is 1. The van der Waals surface area contributed by atoms with Gasteiger partial charge >= 0.3 is 5.69 Å². The van der Waals surface area contributed by atoms with Crippen molar-refractivity contribution in [2.45, 2.75) is 57.2 Å². The summed E-state index contributed by atoms with van der Waals surface area (Å²) in [5, 5.41) is -0.0200. The van der Waals surface area contributed by atoms with Crippen molar-refractivity contribution in [1.82, 2.24) is 9.97 Å². The number of aromatic nitrogens is 2. The predicted octanol–water partition coefficient (Wildman–Crippen LogP) is 5.65. The Morgan fingerprint density at radius 3 is 2.43 bits per heavy atom. The van der Waals surface area contributed by atoms with E-state index in [4.69, 9.17) is 11.6 Å². The van der Waals surface area contributed by atoms with E-state index < -0.39 is 0 Å². The molecule has 0 aliphatic heterocycles. The summed E-state index contributed by atoms with van der Waals surface area (Å²) in [6, 6.07) is 3.88. The number of nitrogens with one attached hydrogen (secondary N) is 2. The van der Waals surface area contributed by atoms with E-state index in [-0.39, 0.29) is 11.1 Å². The number of aromatic amines is 2. The van der Waals surface area contributed by atoms with Crippen LogP contribution in [0.25, 0.3) is 11.0 Å². The van der Waals surface area contributed by atoms with Crippen LogP contribution in [0.2, 0.25) is 0 Å². The lowest BCUT2D eigenvalue weighted by molar-refractivity contribution is 0.584. The molecule has 2 rings (SSSR count). The summed E-state index contributed by atoms with van der Waals surface area (Å²) >= 11 is 10.1. The fourth-order valence-electron chi connectivity index (χ4n) is 2.57. The quantitative estimate of drug-likeness (QED) is 0.456. The van der Waals surface area contributed by atoms with Crippen molar-refractivity contribution >= 4 is 38.6 Å². The Labute approximate surface area is 138 Å². The lowest BCUT2D eigenvalue weighted by atomic mass is 10.0. The molecule has 0 saturated carbocycles. The monoisotopic (exact) mass is 372 g/mol. The van der Waals surface area contributed by atoms with Crippen LogP contribution in [0.5, 0.6) is 0 Å². The van der Waals surface area contributed by atoms with Crippen molar-refractivity contribution in [3.8, 4) is 0 Å². The van der Waals surface area contributed by atoms with E-state index in [1.807, 2.05) is 12.1 Å². The fraction of sp³-hybridized carbons (Fsp3) is 0.562. The maximum absolute atomic E-state index is 11.3. The Morgan fingerprint density at radius 1 is 1.10 bits per heavy atom. The summed E-state index contributed by atoms with van der Waals surface area (Å²) in [5.41, 5.74) is 2.48. The van der Waals surface area contributed by atoms with Gasteiger partial charge in [0.05, 0.1) is 16.4 Å². The van der Waals surface area contributed by atoms with Crippen LogP contribution in [0.1, 0.15) is 62.8 Å². The first-order valence-electron chi connectivity index (χ1n) is 7.67. The number of fused-ring (bicyclic) bond motifs is 1. The molecule has 0 amide bonds. The van der Waals surface area contributed by atoms with Crippen molar-refractivity contribution < 1.29 is 0 Å². The minimum atomic E-state index is -0.184. The molecule has 116 valence electrons. The molecule has 3 nitrogen and oxygen atoms in total. The molecule has 1 aromatic heterocycles. The SMILES string of the molecule is CCCCCCCCC(Cl)c1cc2[nH]c(=O)[nH]c2cc1Br. The van der Waals surface area contributed by atoms with Crippen molar-refractivity contribution in [3.63, 3.8) is 0 Å². The first-order chi connectivity index (χ1) is 10.1. The average molecular weight is 374 g/mol. The van der Waals surface area contributed by atoms with Crippen LogP contribution in [0, 0.1) is 0 Å². The number of imidazole rings is 1. The molecule has 1 unspecified atom stereocenters. The van der Waals surface area contributed by atoms with E-state index in [0.29, 0.717) is 0 Å². The second kappa shape index (κ2) is 8.04. The summed E-state index contributed by atoms with van der Waals surface area (Å²) in [5.74, 6) is 0. The highest BCUT2D eigenvalue weighted by Crippen LogP contribution is 2.34. The number of unbranched alkanes of at least 4 members (excludes halogenated alkanes) is 5. The van der Waals surface area contributed by atoms with E-state index in [1.54, 1.807) is 0 Å². The molecule has 0 saturated heterocycles. The predicted molar refractivity (Wildman–Crippen MR) is 93.2 cm³/mol. The maximum atomic E-state index is 11.3. The van der Waals surface area contributed by atoms with E-state index in [2.05, 4.69) is 32.8 Å². The minimum Gasteiger partial charge on any atom is -0.306 e. The fourth-order valence-corrected chi connectivity index (χ4v) is 3.66. The molecular formula is C16H22BrClN2O. The first kappa shape index (κ1) is 16.6. The lowest BCUT2D eigenvalue weighted by Crippen LogP contribution is -1.99. The first-order valence-corrected chi connectivity index (χ1v) is 8.90. The normalized spacial score (nSPS) is 12.9. The zero-order chi connectivity index (χ0) is 15.2. The van der Waals surface area contributed by atoms with Crippen LogP contribution in [-0.2, 0) is 0 Å². The summed E-state index contributed by atoms with van der Waals surface area (Å²) in [6.07, 6.45) is 8.57. The van der Waals surface area contributed by atoms with Gasteiger partial charge in [-0.05, 0) is 24.1 Å². The van der Waals surface area contributed by atoms with Crippen LogP contribution < -0.4 is 5.69 Å². The third kappa shape index (κ3) is 4.62. The molecule has 1 heterocycles. The lowest BCUT2D eigenvalue weighted by Gasteiger charge is -2.12. The van der Waals surface area contributed by atoms with Gasteiger partial charge in [0.2, 0.25) is 0 Å². The topological polar surface area (TPSA) is 48.6 Å². The van der Waals surface area contributed by atoms with Crippen LogP contribution >= 0.6 is 27.5 Å². The second-order valence-corrected chi connectivity index (χ2v) is 6.90. The minimum absolute atomic E-state index is 0.0200. The summed E-state index contributed by atoms with van der Waals surface area (Å²) in [7, 11) is 0. The Hall–Kier alpha value is -0.740. The van der Waals surface area contributed by atoms with Crippen molar-refractivity contribution in [3.05, 3.63) is 32.7 Å². The van der Waals surface area contributed by atoms with Crippen LogP contribution in [0.3, 0.4) is 0 Å². The van der Waals surface area contributed by atoms with Gasteiger partial charge in [-0.2, -0.15) is 0 Å². The van der Waals surface area contributed by atoms with Gasteiger partial charge in [-0.15, -0.1) is 11.6 Å². The molecule has 2 N–H and O–H groups in total. The number of H-pyrrole nitrogens is 2. The van der Waals surface area contributed by atoms with Gasteiger partial charge in [-0.1, -0.05) is 61.4 Å². The smallest absolute Gasteiger partial charge is 0.306 e. The second-order valence-electron chi connectivity index (χ2n) is 5.52. The van der Waals surface area contributed by atoms with Crippen LogP contribution in [0.15, 0.2) is 21.4 Å². The summed E-state index contributed by atoms with van der Waals surface area (Å²) in [6.45, 7) is 2.23. The van der Waals surface area contributed by atoms with Gasteiger partial charge in [0.1, 0.15) is 0 Å². The molecule has 21 heavy (non-hydrogen) atoms. The Morgan fingerprint density at radius 2 is 1.71 bits per heavy atom. The highest BCUT2D eigenvalue weighted by molar-refractivity contribution is 9.10. The van der Waals surface area contributed by atoms with E-state index in [1.165, 1.54) is 32.1 Å². The molecule has 0 fully saturated rings. The number of rotatable bonds is 8. The van der Waals surface area contributed by atoms with Gasteiger partial charge in [0.25, 0.3) is 0 Å². The molecule has 1 atom stereocenters. The number of benzene rings is 1. The van der Waals surface area contributed by atoms with Crippen molar-refractivity contribution in [1.29, 1.82) is 0 Å². The Balaban J connectivity index is 1.94. The molecule has 0 aliphatic rings. The highest BCUT2D eigenvalue weighted by Gasteiger charge is 2.13. The van der Waals surface area contributed by atoms with Crippen molar-refractivity contribution in [2.75, 3.05) is 0 Å². The molecule has 5 heteroatoms. The van der Waals surface area contributed by atoms with Gasteiger partial charge in [-0.3, -0.25) is 0 Å². The van der Waals surface area contributed by atoms with E-state index >= 15 is 0 Å². The van der Waals surface area contributed by atoms with Crippen LogP contribution in [-0.4, -0.2) is 9.97 Å². The van der Waals surface area contributed by atoms with Gasteiger partial charge in [0, 0.05) is 4.47 Å². The van der Waals surface area contributed by atoms with Gasteiger partial charge in [0.15, 0.2) is 0 Å². The molecule has 0 radical (unpaired) electrons. The largest absolute Gasteiger partial charge is 0.323 e. The third-order valence-electron chi connectivity index (χ3n) is 3.78. The van der Waals surface area contributed by atoms with Gasteiger partial charge in [-0.25, -0.2) is 4.79 Å². The standard InChI is InChI=1S/C16H22BrClN2O/c1-2-3-4-5-6-7-8-13(18)11-9-14-15(10-12(11)17)20-16(21)19-14/h9-10,13H,2-8H2,1H3,(H2,19,20,21). The Bertz CT molecular complexity index is 635. The number of hydrogen-bond donors (Lipinski definition) is 2. The number of halogens is 2. The number of alkyl halides is 1. The summed E-state index contributed by atoms with van der Waals surface area (Å²) < 4.78 is 0.955. The Kier molecular flexibility index (Phi) is 6.37. The van der Waals surface area contributed by atoms with Crippen molar-refractivity contribution in [2.24, 2.45) is 0 Å². The summed E-state index contributed by atoms with van der Waals surface area (Å²) in [4.78, 5) is 16.9. The van der Waals surface area contributed by atoms with E-state index in [9.17, 15) is 4.79 Å². The molecule has 0 spiro atoms.